The molecule has 0 aliphatic carbocycles. The molecule has 6 rings (SSSR count). The SMILES string of the molecule is Cc1cc2ccccc2c2cc(-c3c(C)c4ccccc4c4ccccc34)ccc12. The van der Waals surface area contributed by atoms with Gasteiger partial charge in [0.2, 0.25) is 0 Å². The molecule has 0 heteroatoms. The van der Waals surface area contributed by atoms with Crippen molar-refractivity contribution in [3.05, 3.63) is 108 Å². The molecule has 0 atom stereocenters. The van der Waals surface area contributed by atoms with Crippen molar-refractivity contribution in [2.45, 2.75) is 13.8 Å². The van der Waals surface area contributed by atoms with Crippen LogP contribution in [0.15, 0.2) is 97.1 Å². The summed E-state index contributed by atoms with van der Waals surface area (Å²) in [5.74, 6) is 0. The summed E-state index contributed by atoms with van der Waals surface area (Å²) in [6.07, 6.45) is 0. The third kappa shape index (κ3) is 2.40. The lowest BCUT2D eigenvalue weighted by Crippen LogP contribution is -1.91. The van der Waals surface area contributed by atoms with Crippen LogP contribution in [0.2, 0.25) is 0 Å². The van der Waals surface area contributed by atoms with E-state index in [4.69, 9.17) is 0 Å². The number of aryl methyl sites for hydroxylation is 2. The molecule has 0 saturated carbocycles. The Morgan fingerprint density at radius 1 is 0.433 bits per heavy atom. The average molecular weight is 383 g/mol. The molecule has 0 N–H and O–H groups in total. The third-order valence-corrected chi connectivity index (χ3v) is 6.55. The Balaban J connectivity index is 1.77. The molecular formula is C30H22. The number of hydrogen-bond donors (Lipinski definition) is 0. The van der Waals surface area contributed by atoms with Crippen molar-refractivity contribution in [2.75, 3.05) is 0 Å². The van der Waals surface area contributed by atoms with E-state index in [0.29, 0.717) is 0 Å². The Hall–Kier alpha value is -3.64. The molecule has 0 saturated heterocycles. The second-order valence-corrected chi connectivity index (χ2v) is 8.27. The van der Waals surface area contributed by atoms with Gasteiger partial charge in [0.15, 0.2) is 0 Å². The zero-order chi connectivity index (χ0) is 20.2. The second kappa shape index (κ2) is 6.43. The summed E-state index contributed by atoms with van der Waals surface area (Å²) < 4.78 is 0. The van der Waals surface area contributed by atoms with Crippen molar-refractivity contribution in [2.24, 2.45) is 0 Å². The zero-order valence-corrected chi connectivity index (χ0v) is 17.2. The maximum Gasteiger partial charge on any atom is -0.00695 e. The molecule has 30 heavy (non-hydrogen) atoms. The molecule has 142 valence electrons. The minimum absolute atomic E-state index is 1.29. The Labute approximate surface area is 176 Å². The number of fused-ring (bicyclic) bond motifs is 6. The molecule has 0 nitrogen and oxygen atoms in total. The molecule has 6 aromatic rings. The summed E-state index contributed by atoms with van der Waals surface area (Å²) in [4.78, 5) is 0. The summed E-state index contributed by atoms with van der Waals surface area (Å²) in [6, 6.07) is 35.6. The van der Waals surface area contributed by atoms with Crippen LogP contribution in [0, 0.1) is 13.8 Å². The number of rotatable bonds is 1. The van der Waals surface area contributed by atoms with Crippen molar-refractivity contribution in [1.82, 2.24) is 0 Å². The summed E-state index contributed by atoms with van der Waals surface area (Å²) in [5, 5.41) is 10.6. The minimum atomic E-state index is 1.29. The van der Waals surface area contributed by atoms with Crippen molar-refractivity contribution in [3.63, 3.8) is 0 Å². The molecule has 0 aliphatic heterocycles. The second-order valence-electron chi connectivity index (χ2n) is 8.27. The van der Waals surface area contributed by atoms with Crippen LogP contribution in [0.4, 0.5) is 0 Å². The van der Waals surface area contributed by atoms with E-state index in [1.165, 1.54) is 65.3 Å². The van der Waals surface area contributed by atoms with E-state index in [2.05, 4.69) is 111 Å². The van der Waals surface area contributed by atoms with Gasteiger partial charge in [-0.05, 0) is 85.3 Å². The zero-order valence-electron chi connectivity index (χ0n) is 17.2. The first-order valence-electron chi connectivity index (χ1n) is 10.5. The Morgan fingerprint density at radius 2 is 1.03 bits per heavy atom. The van der Waals surface area contributed by atoms with Gasteiger partial charge in [-0.2, -0.15) is 0 Å². The van der Waals surface area contributed by atoms with Crippen molar-refractivity contribution in [1.29, 1.82) is 0 Å². The van der Waals surface area contributed by atoms with Crippen LogP contribution in [-0.2, 0) is 0 Å². The van der Waals surface area contributed by atoms with Gasteiger partial charge >= 0.3 is 0 Å². The van der Waals surface area contributed by atoms with E-state index >= 15 is 0 Å². The lowest BCUT2D eigenvalue weighted by molar-refractivity contribution is 1.53. The highest BCUT2D eigenvalue weighted by Crippen LogP contribution is 2.40. The average Bonchev–Trinajstić information content (AvgIpc) is 2.79. The predicted octanol–water partition coefficient (Wildman–Crippen LogP) is 8.58. The van der Waals surface area contributed by atoms with Crippen LogP contribution in [0.25, 0.3) is 54.2 Å². The van der Waals surface area contributed by atoms with E-state index in [0.717, 1.165) is 0 Å². The molecule has 6 aromatic carbocycles. The van der Waals surface area contributed by atoms with E-state index in [1.807, 2.05) is 0 Å². The quantitative estimate of drug-likeness (QED) is 0.250. The summed E-state index contributed by atoms with van der Waals surface area (Å²) in [7, 11) is 0. The van der Waals surface area contributed by atoms with Crippen LogP contribution < -0.4 is 0 Å². The van der Waals surface area contributed by atoms with Crippen LogP contribution in [0.1, 0.15) is 11.1 Å². The molecule has 0 radical (unpaired) electrons. The predicted molar refractivity (Wildman–Crippen MR) is 131 cm³/mol. The maximum absolute atomic E-state index is 2.40. The molecule has 0 aromatic heterocycles. The van der Waals surface area contributed by atoms with E-state index in [-0.39, 0.29) is 0 Å². The van der Waals surface area contributed by atoms with E-state index < -0.39 is 0 Å². The highest BCUT2D eigenvalue weighted by molar-refractivity contribution is 6.17. The lowest BCUT2D eigenvalue weighted by Gasteiger charge is -2.17. The first kappa shape index (κ1) is 17.2. The monoisotopic (exact) mass is 382 g/mol. The first-order chi connectivity index (χ1) is 14.7. The standard InChI is InChI=1S/C30H22/c1-19-17-21-9-3-4-11-25(21)29-18-22(15-16-23(19)29)30-20(2)24-10-5-6-12-26(24)27-13-7-8-14-28(27)30/h3-18H,1-2H3. The van der Waals surface area contributed by atoms with Gasteiger partial charge in [0.05, 0.1) is 0 Å². The number of benzene rings is 6. The van der Waals surface area contributed by atoms with Crippen LogP contribution >= 0.6 is 0 Å². The van der Waals surface area contributed by atoms with Crippen molar-refractivity contribution < 1.29 is 0 Å². The van der Waals surface area contributed by atoms with Gasteiger partial charge in [-0.15, -0.1) is 0 Å². The van der Waals surface area contributed by atoms with Gasteiger partial charge in [0.1, 0.15) is 0 Å². The van der Waals surface area contributed by atoms with Crippen molar-refractivity contribution in [3.8, 4) is 11.1 Å². The molecule has 0 fully saturated rings. The highest BCUT2D eigenvalue weighted by Gasteiger charge is 2.14. The lowest BCUT2D eigenvalue weighted by atomic mass is 9.87. The van der Waals surface area contributed by atoms with Gasteiger partial charge in [-0.1, -0.05) is 91.0 Å². The van der Waals surface area contributed by atoms with Crippen LogP contribution in [0.3, 0.4) is 0 Å². The largest absolute Gasteiger partial charge is 0.0616 e. The molecule has 0 heterocycles. The first-order valence-corrected chi connectivity index (χ1v) is 10.5. The van der Waals surface area contributed by atoms with Crippen LogP contribution in [-0.4, -0.2) is 0 Å². The van der Waals surface area contributed by atoms with Crippen LogP contribution in [0.5, 0.6) is 0 Å². The fourth-order valence-corrected chi connectivity index (χ4v) is 5.14. The molecular weight excluding hydrogens is 360 g/mol. The van der Waals surface area contributed by atoms with Crippen molar-refractivity contribution >= 4 is 43.1 Å². The molecule has 0 amide bonds. The Bertz CT molecular complexity index is 1600. The Kier molecular flexibility index (Phi) is 3.70. The van der Waals surface area contributed by atoms with Gasteiger partial charge in [-0.3, -0.25) is 0 Å². The fraction of sp³-hybridized carbons (Fsp3) is 0.0667. The highest BCUT2D eigenvalue weighted by atomic mass is 14.2. The molecule has 0 spiro atoms. The van der Waals surface area contributed by atoms with E-state index in [1.54, 1.807) is 0 Å². The normalized spacial score (nSPS) is 11.7. The van der Waals surface area contributed by atoms with Gasteiger partial charge < -0.3 is 0 Å². The summed E-state index contributed by atoms with van der Waals surface area (Å²) in [5.41, 5.74) is 5.31. The van der Waals surface area contributed by atoms with Gasteiger partial charge in [0.25, 0.3) is 0 Å². The Morgan fingerprint density at radius 3 is 1.80 bits per heavy atom. The minimum Gasteiger partial charge on any atom is -0.0616 e. The molecule has 0 aliphatic rings. The molecule has 0 bridgehead atoms. The summed E-state index contributed by atoms with van der Waals surface area (Å²) >= 11 is 0. The third-order valence-electron chi connectivity index (χ3n) is 6.55. The van der Waals surface area contributed by atoms with E-state index in [9.17, 15) is 0 Å². The summed E-state index contributed by atoms with van der Waals surface area (Å²) in [6.45, 7) is 4.48. The smallest absolute Gasteiger partial charge is 0.00695 e. The maximum atomic E-state index is 2.40. The fourth-order valence-electron chi connectivity index (χ4n) is 5.14. The number of hydrogen-bond acceptors (Lipinski definition) is 0. The topological polar surface area (TPSA) is 0 Å². The van der Waals surface area contributed by atoms with Gasteiger partial charge in [-0.25, -0.2) is 0 Å². The van der Waals surface area contributed by atoms with Gasteiger partial charge in [0, 0.05) is 0 Å². The molecule has 0 unspecified atom stereocenters.